The van der Waals surface area contributed by atoms with Crippen molar-refractivity contribution in [1.82, 2.24) is 4.90 Å². The summed E-state index contributed by atoms with van der Waals surface area (Å²) in [7, 11) is 1.64. The molecule has 0 heterocycles. The summed E-state index contributed by atoms with van der Waals surface area (Å²) < 4.78 is 5.06. The fraction of sp³-hybridized carbons (Fsp3) is 0.500. The van der Waals surface area contributed by atoms with Gasteiger partial charge in [0.2, 0.25) is 0 Å². The van der Waals surface area contributed by atoms with Crippen LogP contribution in [0.15, 0.2) is 24.3 Å². The van der Waals surface area contributed by atoms with Crippen molar-refractivity contribution in [3.05, 3.63) is 34.9 Å². The molecule has 0 radical (unpaired) electrons. The number of carboxylic acids is 1. The largest absolute Gasteiger partial charge is 0.481 e. The topological polar surface area (TPSA) is 49.8 Å². The summed E-state index contributed by atoms with van der Waals surface area (Å²) in [6.07, 6.45) is 0. The molecule has 1 aromatic carbocycles. The Labute approximate surface area is 118 Å². The van der Waals surface area contributed by atoms with E-state index in [0.717, 1.165) is 5.56 Å². The minimum absolute atomic E-state index is 0.406. The molecular weight excluding hydrogens is 266 g/mol. The number of hydrogen-bond acceptors (Lipinski definition) is 3. The van der Waals surface area contributed by atoms with Crippen molar-refractivity contribution in [2.75, 3.05) is 26.8 Å². The molecule has 0 saturated heterocycles. The standard InChI is InChI=1S/C14H20ClNO3/c1-11(14(17)18)9-16(6-7-19-2)10-12-4-3-5-13(15)8-12/h3-5,8,11H,6-7,9-10H2,1-2H3,(H,17,18). The lowest BCUT2D eigenvalue weighted by Crippen LogP contribution is -2.33. The molecule has 1 atom stereocenters. The van der Waals surface area contributed by atoms with Crippen LogP contribution in [0.4, 0.5) is 0 Å². The van der Waals surface area contributed by atoms with Gasteiger partial charge in [-0.1, -0.05) is 30.7 Å². The third-order valence-electron chi connectivity index (χ3n) is 2.86. The van der Waals surface area contributed by atoms with Gasteiger partial charge in [0.1, 0.15) is 0 Å². The number of carbonyl (C=O) groups is 1. The second-order valence-electron chi connectivity index (χ2n) is 4.60. The number of rotatable bonds is 8. The van der Waals surface area contributed by atoms with Crippen LogP contribution in [0.2, 0.25) is 5.02 Å². The summed E-state index contributed by atoms with van der Waals surface area (Å²) in [5, 5.41) is 9.68. The zero-order valence-corrected chi connectivity index (χ0v) is 12.1. The predicted molar refractivity (Wildman–Crippen MR) is 75.4 cm³/mol. The van der Waals surface area contributed by atoms with Crippen LogP contribution in [0, 0.1) is 5.92 Å². The van der Waals surface area contributed by atoms with E-state index in [9.17, 15) is 4.79 Å². The summed E-state index contributed by atoms with van der Waals surface area (Å²) in [5.74, 6) is -1.19. The second-order valence-corrected chi connectivity index (χ2v) is 5.03. The summed E-state index contributed by atoms with van der Waals surface area (Å²) in [6, 6.07) is 7.60. The third kappa shape index (κ3) is 6.05. The fourth-order valence-corrected chi connectivity index (χ4v) is 2.03. The number of benzene rings is 1. The van der Waals surface area contributed by atoms with Gasteiger partial charge < -0.3 is 9.84 Å². The monoisotopic (exact) mass is 285 g/mol. The molecule has 1 aromatic rings. The highest BCUT2D eigenvalue weighted by atomic mass is 35.5. The molecule has 19 heavy (non-hydrogen) atoms. The predicted octanol–water partition coefficient (Wildman–Crippen LogP) is 2.51. The van der Waals surface area contributed by atoms with Crippen LogP contribution in [0.3, 0.4) is 0 Å². The lowest BCUT2D eigenvalue weighted by atomic mass is 10.1. The molecule has 1 N–H and O–H groups in total. The Morgan fingerprint density at radius 1 is 1.53 bits per heavy atom. The SMILES string of the molecule is COCCN(Cc1cccc(Cl)c1)CC(C)C(=O)O. The summed E-state index contributed by atoms with van der Waals surface area (Å²) in [4.78, 5) is 13.0. The number of halogens is 1. The zero-order chi connectivity index (χ0) is 14.3. The molecule has 0 spiro atoms. The van der Waals surface area contributed by atoms with Crippen LogP contribution in [0.5, 0.6) is 0 Å². The van der Waals surface area contributed by atoms with E-state index >= 15 is 0 Å². The first-order chi connectivity index (χ1) is 9.02. The number of aliphatic carboxylic acids is 1. The smallest absolute Gasteiger partial charge is 0.307 e. The molecule has 0 aliphatic carbocycles. The first-order valence-electron chi connectivity index (χ1n) is 6.21. The first kappa shape index (κ1) is 16.0. The molecule has 5 heteroatoms. The quantitative estimate of drug-likeness (QED) is 0.797. The molecule has 0 aliphatic rings. The van der Waals surface area contributed by atoms with E-state index in [1.165, 1.54) is 0 Å². The van der Waals surface area contributed by atoms with Gasteiger partial charge in [0.25, 0.3) is 0 Å². The highest BCUT2D eigenvalue weighted by Gasteiger charge is 2.16. The molecule has 4 nitrogen and oxygen atoms in total. The average molecular weight is 286 g/mol. The van der Waals surface area contributed by atoms with Crippen molar-refractivity contribution in [1.29, 1.82) is 0 Å². The Kier molecular flexibility index (Phi) is 6.84. The van der Waals surface area contributed by atoms with Crippen LogP contribution >= 0.6 is 11.6 Å². The maximum atomic E-state index is 10.9. The molecule has 1 unspecified atom stereocenters. The molecule has 0 aliphatic heterocycles. The van der Waals surface area contributed by atoms with Crippen molar-refractivity contribution in [3.8, 4) is 0 Å². The van der Waals surface area contributed by atoms with E-state index in [-0.39, 0.29) is 0 Å². The van der Waals surface area contributed by atoms with Crippen molar-refractivity contribution < 1.29 is 14.6 Å². The van der Waals surface area contributed by atoms with E-state index in [1.54, 1.807) is 14.0 Å². The van der Waals surface area contributed by atoms with E-state index in [0.29, 0.717) is 31.3 Å². The minimum atomic E-state index is -0.784. The Bertz CT molecular complexity index is 411. The Morgan fingerprint density at radius 3 is 2.84 bits per heavy atom. The molecule has 0 amide bonds. The van der Waals surface area contributed by atoms with E-state index in [1.807, 2.05) is 24.3 Å². The van der Waals surface area contributed by atoms with E-state index < -0.39 is 11.9 Å². The fourth-order valence-electron chi connectivity index (χ4n) is 1.81. The lowest BCUT2D eigenvalue weighted by molar-refractivity contribution is -0.141. The summed E-state index contributed by atoms with van der Waals surface area (Å²) >= 11 is 5.95. The first-order valence-corrected chi connectivity index (χ1v) is 6.59. The highest BCUT2D eigenvalue weighted by molar-refractivity contribution is 6.30. The van der Waals surface area contributed by atoms with Gasteiger partial charge in [0.05, 0.1) is 12.5 Å². The van der Waals surface area contributed by atoms with Crippen LogP contribution in [0.1, 0.15) is 12.5 Å². The van der Waals surface area contributed by atoms with Crippen molar-refractivity contribution in [2.24, 2.45) is 5.92 Å². The average Bonchev–Trinajstić information content (AvgIpc) is 2.35. The number of ether oxygens (including phenoxy) is 1. The van der Waals surface area contributed by atoms with Gasteiger partial charge in [-0.3, -0.25) is 9.69 Å². The molecule has 0 aromatic heterocycles. The zero-order valence-electron chi connectivity index (χ0n) is 11.3. The van der Waals surface area contributed by atoms with Gasteiger partial charge in [-0.05, 0) is 17.7 Å². The Balaban J connectivity index is 2.65. The normalized spacial score (nSPS) is 12.6. The maximum absolute atomic E-state index is 10.9. The van der Waals surface area contributed by atoms with Crippen LogP contribution in [-0.2, 0) is 16.1 Å². The molecule has 106 valence electrons. The molecular formula is C14H20ClNO3. The second kappa shape index (κ2) is 8.15. The van der Waals surface area contributed by atoms with E-state index in [4.69, 9.17) is 21.4 Å². The van der Waals surface area contributed by atoms with Gasteiger partial charge in [0, 0.05) is 31.8 Å². The number of methoxy groups -OCH3 is 1. The lowest BCUT2D eigenvalue weighted by Gasteiger charge is -2.24. The number of carboxylic acid groups (broad SMARTS) is 1. The molecule has 0 saturated carbocycles. The summed E-state index contributed by atoms with van der Waals surface area (Å²) in [5.41, 5.74) is 1.07. The van der Waals surface area contributed by atoms with Crippen LogP contribution < -0.4 is 0 Å². The summed E-state index contributed by atoms with van der Waals surface area (Å²) in [6.45, 7) is 4.14. The van der Waals surface area contributed by atoms with Gasteiger partial charge in [-0.25, -0.2) is 0 Å². The van der Waals surface area contributed by atoms with Gasteiger partial charge in [-0.15, -0.1) is 0 Å². The molecule has 0 bridgehead atoms. The Hall–Kier alpha value is -1.10. The van der Waals surface area contributed by atoms with Gasteiger partial charge in [-0.2, -0.15) is 0 Å². The Morgan fingerprint density at radius 2 is 2.26 bits per heavy atom. The number of nitrogens with zero attached hydrogens (tertiary/aromatic N) is 1. The number of hydrogen-bond donors (Lipinski definition) is 1. The van der Waals surface area contributed by atoms with Crippen LogP contribution in [-0.4, -0.2) is 42.8 Å². The van der Waals surface area contributed by atoms with Crippen molar-refractivity contribution in [2.45, 2.75) is 13.5 Å². The molecule has 0 fully saturated rings. The maximum Gasteiger partial charge on any atom is 0.307 e. The highest BCUT2D eigenvalue weighted by Crippen LogP contribution is 2.13. The molecule has 1 rings (SSSR count). The van der Waals surface area contributed by atoms with Crippen LogP contribution in [0.25, 0.3) is 0 Å². The van der Waals surface area contributed by atoms with Crippen molar-refractivity contribution in [3.63, 3.8) is 0 Å². The van der Waals surface area contributed by atoms with Gasteiger partial charge in [0.15, 0.2) is 0 Å². The van der Waals surface area contributed by atoms with E-state index in [2.05, 4.69) is 4.90 Å². The van der Waals surface area contributed by atoms with Crippen molar-refractivity contribution >= 4 is 17.6 Å². The minimum Gasteiger partial charge on any atom is -0.481 e. The van der Waals surface area contributed by atoms with Gasteiger partial charge >= 0.3 is 5.97 Å². The third-order valence-corrected chi connectivity index (χ3v) is 3.10.